The molecule has 0 aliphatic carbocycles. The first kappa shape index (κ1) is 35.6. The van der Waals surface area contributed by atoms with Crippen molar-refractivity contribution in [1.29, 1.82) is 0 Å². The number of pyridine rings is 1. The summed E-state index contributed by atoms with van der Waals surface area (Å²) in [5.74, 6) is -13.8. The van der Waals surface area contributed by atoms with Crippen molar-refractivity contribution in [3.63, 3.8) is 0 Å². The van der Waals surface area contributed by atoms with Gasteiger partial charge in [0.15, 0.2) is 23.2 Å². The molecule has 4 rings (SSSR count). The number of hydrogen-bond acceptors (Lipinski definition) is 6. The molecule has 48 heavy (non-hydrogen) atoms. The smallest absolute Gasteiger partial charge is 0.305 e. The van der Waals surface area contributed by atoms with Gasteiger partial charge in [0.05, 0.1) is 22.0 Å². The van der Waals surface area contributed by atoms with Crippen molar-refractivity contribution in [2.45, 2.75) is 24.9 Å². The van der Waals surface area contributed by atoms with E-state index in [-0.39, 0.29) is 33.8 Å². The number of anilines is 1. The number of benzene rings is 3. The van der Waals surface area contributed by atoms with Crippen molar-refractivity contribution in [3.05, 3.63) is 128 Å². The fourth-order valence-corrected chi connectivity index (χ4v) is 5.07. The second kappa shape index (κ2) is 15.6. The fraction of sp³-hybridized carbons (Fsp3) is 0.156. The van der Waals surface area contributed by atoms with Crippen molar-refractivity contribution in [3.8, 4) is 5.75 Å². The number of carbonyl (C=O) groups is 4. The third-order valence-corrected chi connectivity index (χ3v) is 7.48. The summed E-state index contributed by atoms with van der Waals surface area (Å²) in [6, 6.07) is 12.1. The summed E-state index contributed by atoms with van der Waals surface area (Å²) in [4.78, 5) is 64.9. The Labute approximate surface area is 278 Å². The number of carbonyl (C=O) groups excluding carboxylic acids is 3. The van der Waals surface area contributed by atoms with Crippen LogP contribution in [0.5, 0.6) is 5.75 Å². The van der Waals surface area contributed by atoms with Gasteiger partial charge in [-0.1, -0.05) is 59.6 Å². The summed E-state index contributed by atoms with van der Waals surface area (Å²) in [6.45, 7) is -1.19. The van der Waals surface area contributed by atoms with Crippen molar-refractivity contribution in [2.24, 2.45) is 0 Å². The molecule has 4 aromatic rings. The standard InChI is InChI=1S/C32H23Cl2F4N3O7/c33-17-8-4-9-18(34)26(17)31(46)39-20-10-5-11-41(32(20)47)22(12-16-6-2-1-3-7-16)30(45)40-21(14-25(43)44)23(42)15-48-24-13-19(35)27(36)29(38)28(24)37/h1-11,13,21-22H,12,14-15H2,(H,39,46)(H,40,45)(H,43,44)/t21?,22-/m0/s1. The maximum atomic E-state index is 14.0. The zero-order valence-electron chi connectivity index (χ0n) is 24.3. The number of amides is 2. The molecule has 1 aromatic heterocycles. The maximum absolute atomic E-state index is 14.0. The van der Waals surface area contributed by atoms with E-state index in [1.807, 2.05) is 0 Å². The number of rotatable bonds is 13. The highest BCUT2D eigenvalue weighted by Gasteiger charge is 2.31. The van der Waals surface area contributed by atoms with Crippen LogP contribution < -0.4 is 20.9 Å². The van der Waals surface area contributed by atoms with Gasteiger partial charge in [-0.15, -0.1) is 0 Å². The molecule has 2 amide bonds. The molecule has 1 heterocycles. The average molecular weight is 708 g/mol. The van der Waals surface area contributed by atoms with Crippen LogP contribution in [0.3, 0.4) is 0 Å². The molecule has 3 aromatic carbocycles. The largest absolute Gasteiger partial charge is 0.482 e. The number of Topliss-reactive ketones (excluding diaryl/α,β-unsaturated/α-hetero) is 1. The summed E-state index contributed by atoms with van der Waals surface area (Å²) in [7, 11) is 0. The van der Waals surface area contributed by atoms with Gasteiger partial charge in [0.2, 0.25) is 17.5 Å². The highest BCUT2D eigenvalue weighted by atomic mass is 35.5. The van der Waals surface area contributed by atoms with E-state index in [4.69, 9.17) is 27.9 Å². The Morgan fingerprint density at radius 1 is 0.875 bits per heavy atom. The van der Waals surface area contributed by atoms with Crippen molar-refractivity contribution >= 4 is 52.5 Å². The van der Waals surface area contributed by atoms with Gasteiger partial charge < -0.3 is 25.0 Å². The first-order valence-electron chi connectivity index (χ1n) is 13.8. The fourth-order valence-electron chi connectivity index (χ4n) is 4.50. The van der Waals surface area contributed by atoms with Gasteiger partial charge in [0.25, 0.3) is 11.5 Å². The molecule has 0 fully saturated rings. The molecule has 3 N–H and O–H groups in total. The number of nitrogens with one attached hydrogen (secondary N) is 2. The Balaban J connectivity index is 1.63. The molecule has 16 heteroatoms. The number of nitrogens with zero attached hydrogens (tertiary/aromatic N) is 1. The van der Waals surface area contributed by atoms with Gasteiger partial charge in [0, 0.05) is 18.7 Å². The van der Waals surface area contributed by atoms with E-state index in [9.17, 15) is 46.6 Å². The van der Waals surface area contributed by atoms with E-state index < -0.39 is 83.3 Å². The van der Waals surface area contributed by atoms with Gasteiger partial charge in [-0.2, -0.15) is 4.39 Å². The number of ketones is 1. The lowest BCUT2D eigenvalue weighted by Gasteiger charge is -2.23. The maximum Gasteiger partial charge on any atom is 0.305 e. The summed E-state index contributed by atoms with van der Waals surface area (Å²) >= 11 is 12.2. The Kier molecular flexibility index (Phi) is 11.6. The molecule has 1 unspecified atom stereocenters. The van der Waals surface area contributed by atoms with Crippen LogP contribution >= 0.6 is 23.2 Å². The molecule has 0 aliphatic rings. The monoisotopic (exact) mass is 707 g/mol. The van der Waals surface area contributed by atoms with Crippen LogP contribution in [0.1, 0.15) is 28.4 Å². The number of hydrogen-bond donors (Lipinski definition) is 3. The molecule has 0 radical (unpaired) electrons. The molecule has 0 bridgehead atoms. The average Bonchev–Trinajstić information content (AvgIpc) is 3.04. The normalized spacial score (nSPS) is 12.1. The minimum atomic E-state index is -2.20. The minimum absolute atomic E-state index is 0.00754. The van der Waals surface area contributed by atoms with Crippen LogP contribution in [0.2, 0.25) is 10.0 Å². The first-order valence-corrected chi connectivity index (χ1v) is 14.5. The Bertz CT molecular complexity index is 1920. The third-order valence-electron chi connectivity index (χ3n) is 6.85. The molecule has 0 spiro atoms. The molecule has 0 saturated heterocycles. The summed E-state index contributed by atoms with van der Waals surface area (Å²) < 4.78 is 60.3. The van der Waals surface area contributed by atoms with Crippen molar-refractivity contribution in [1.82, 2.24) is 9.88 Å². The van der Waals surface area contributed by atoms with E-state index in [0.717, 1.165) is 4.57 Å². The lowest BCUT2D eigenvalue weighted by molar-refractivity contribution is -0.140. The topological polar surface area (TPSA) is 144 Å². The Morgan fingerprint density at radius 3 is 2.19 bits per heavy atom. The number of ether oxygens (including phenoxy) is 1. The van der Waals surface area contributed by atoms with Crippen LogP contribution in [-0.2, 0) is 20.8 Å². The lowest BCUT2D eigenvalue weighted by Crippen LogP contribution is -2.48. The van der Waals surface area contributed by atoms with Gasteiger partial charge in [0.1, 0.15) is 24.4 Å². The SMILES string of the molecule is O=C(O)CC(NC(=O)[C@H](Cc1ccccc1)n1cccc(NC(=O)c2c(Cl)cccc2Cl)c1=O)C(=O)COc1cc(F)c(F)c(F)c1F. The first-order chi connectivity index (χ1) is 22.8. The number of halogens is 6. The van der Waals surface area contributed by atoms with E-state index in [1.54, 1.807) is 30.3 Å². The number of carboxylic acids is 1. The molecule has 0 aliphatic heterocycles. The number of aromatic nitrogens is 1. The van der Waals surface area contributed by atoms with E-state index in [2.05, 4.69) is 10.6 Å². The molecular formula is C32H23Cl2F4N3O7. The summed E-state index contributed by atoms with van der Waals surface area (Å²) in [5, 5.41) is 14.1. The number of carboxylic acid groups (broad SMARTS) is 1. The molecule has 2 atom stereocenters. The second-order valence-electron chi connectivity index (χ2n) is 10.1. The minimum Gasteiger partial charge on any atom is -0.482 e. The van der Waals surface area contributed by atoms with Crippen molar-refractivity contribution in [2.75, 3.05) is 11.9 Å². The van der Waals surface area contributed by atoms with Crippen molar-refractivity contribution < 1.29 is 46.6 Å². The number of aliphatic carboxylic acids is 1. The zero-order valence-corrected chi connectivity index (χ0v) is 25.8. The van der Waals surface area contributed by atoms with Gasteiger partial charge in [-0.05, 0) is 29.8 Å². The predicted molar refractivity (Wildman–Crippen MR) is 165 cm³/mol. The molecule has 0 saturated carbocycles. The quantitative estimate of drug-likeness (QED) is 0.0965. The van der Waals surface area contributed by atoms with Crippen LogP contribution in [0, 0.1) is 23.3 Å². The second-order valence-corrected chi connectivity index (χ2v) is 10.9. The third kappa shape index (κ3) is 8.38. The van der Waals surface area contributed by atoms with Crippen LogP contribution in [0.25, 0.3) is 0 Å². The molecule has 250 valence electrons. The van der Waals surface area contributed by atoms with Gasteiger partial charge in [-0.3, -0.25) is 24.0 Å². The van der Waals surface area contributed by atoms with Crippen LogP contribution in [0.15, 0.2) is 77.7 Å². The van der Waals surface area contributed by atoms with E-state index in [0.29, 0.717) is 5.56 Å². The van der Waals surface area contributed by atoms with Gasteiger partial charge in [-0.25, -0.2) is 13.2 Å². The zero-order chi connectivity index (χ0) is 35.1. The Morgan fingerprint density at radius 2 is 1.54 bits per heavy atom. The highest BCUT2D eigenvalue weighted by Crippen LogP contribution is 2.26. The van der Waals surface area contributed by atoms with E-state index in [1.165, 1.54) is 36.5 Å². The Hall–Kier alpha value is -5.21. The van der Waals surface area contributed by atoms with Gasteiger partial charge >= 0.3 is 5.97 Å². The van der Waals surface area contributed by atoms with Crippen LogP contribution in [-0.4, -0.2) is 45.9 Å². The molecule has 10 nitrogen and oxygen atoms in total. The lowest BCUT2D eigenvalue weighted by atomic mass is 10.0. The van der Waals surface area contributed by atoms with Crippen LogP contribution in [0.4, 0.5) is 23.2 Å². The molecular weight excluding hydrogens is 685 g/mol. The predicted octanol–water partition coefficient (Wildman–Crippen LogP) is 5.36. The summed E-state index contributed by atoms with van der Waals surface area (Å²) in [5.41, 5.74) is -0.721. The van der Waals surface area contributed by atoms with E-state index >= 15 is 0 Å². The highest BCUT2D eigenvalue weighted by molar-refractivity contribution is 6.40. The summed E-state index contributed by atoms with van der Waals surface area (Å²) in [6.07, 6.45) is 0.0551.